The Kier molecular flexibility index (Phi) is 4.20. The van der Waals surface area contributed by atoms with Crippen LogP contribution in [0.4, 0.5) is 5.69 Å². The Bertz CT molecular complexity index is 816. The number of hydrogen-bond acceptors (Lipinski definition) is 8. The molecule has 0 saturated carbocycles. The van der Waals surface area contributed by atoms with Gasteiger partial charge in [0, 0.05) is 5.38 Å². The molecule has 0 aliphatic heterocycles. The molecule has 0 radical (unpaired) electrons. The molecule has 0 unspecified atom stereocenters. The molecule has 2 heterocycles. The lowest BCUT2D eigenvalue weighted by Gasteiger charge is -2.06. The molecule has 118 valence electrons. The Morgan fingerprint density at radius 1 is 1.39 bits per heavy atom. The largest absolute Gasteiger partial charge is 0.496 e. The van der Waals surface area contributed by atoms with Gasteiger partial charge in [-0.3, -0.25) is 10.1 Å². The van der Waals surface area contributed by atoms with Crippen molar-refractivity contribution < 1.29 is 18.9 Å². The smallest absolute Gasteiger partial charge is 0.314 e. The van der Waals surface area contributed by atoms with Crippen molar-refractivity contribution >= 4 is 17.0 Å². The average Bonchev–Trinajstić information content (AvgIpc) is 3.23. The van der Waals surface area contributed by atoms with E-state index in [9.17, 15) is 10.1 Å². The maximum atomic E-state index is 11.1. The highest BCUT2D eigenvalue weighted by atomic mass is 32.1. The third kappa shape index (κ3) is 3.29. The van der Waals surface area contributed by atoms with Crippen LogP contribution in [0.1, 0.15) is 5.82 Å². The summed E-state index contributed by atoms with van der Waals surface area (Å²) in [6.07, 6.45) is 0. The number of methoxy groups -OCH3 is 1. The second-order valence-electron chi connectivity index (χ2n) is 4.41. The molecule has 0 N–H and O–H groups in total. The molecular weight excluding hydrogens is 322 g/mol. The van der Waals surface area contributed by atoms with Crippen molar-refractivity contribution in [1.29, 1.82) is 0 Å². The van der Waals surface area contributed by atoms with Gasteiger partial charge in [-0.15, -0.1) is 0 Å². The van der Waals surface area contributed by atoms with Gasteiger partial charge in [0.15, 0.2) is 12.4 Å². The lowest BCUT2D eigenvalue weighted by molar-refractivity contribution is -0.386. The predicted molar refractivity (Wildman–Crippen MR) is 81.6 cm³/mol. The van der Waals surface area contributed by atoms with Crippen molar-refractivity contribution in [1.82, 2.24) is 10.1 Å². The predicted octanol–water partition coefficient (Wildman–Crippen LogP) is 3.29. The number of nitrogens with zero attached hydrogens (tertiary/aromatic N) is 3. The van der Waals surface area contributed by atoms with Crippen LogP contribution in [-0.4, -0.2) is 22.2 Å². The second kappa shape index (κ2) is 6.44. The number of rotatable bonds is 6. The van der Waals surface area contributed by atoms with Crippen LogP contribution in [-0.2, 0) is 6.61 Å². The van der Waals surface area contributed by atoms with Crippen LogP contribution in [0.2, 0.25) is 0 Å². The summed E-state index contributed by atoms with van der Waals surface area (Å²) in [7, 11) is 1.44. The fourth-order valence-corrected chi connectivity index (χ4v) is 2.48. The summed E-state index contributed by atoms with van der Waals surface area (Å²) in [5.41, 5.74) is 0.634. The summed E-state index contributed by atoms with van der Waals surface area (Å²) in [5.74, 6) is 1.17. The van der Waals surface area contributed by atoms with E-state index < -0.39 is 4.92 Å². The Morgan fingerprint density at radius 3 is 2.96 bits per heavy atom. The average molecular weight is 333 g/mol. The first kappa shape index (κ1) is 15.0. The fourth-order valence-electron chi connectivity index (χ4n) is 1.85. The first-order valence-corrected chi connectivity index (χ1v) is 7.42. The van der Waals surface area contributed by atoms with Gasteiger partial charge in [-0.2, -0.15) is 16.3 Å². The van der Waals surface area contributed by atoms with Crippen LogP contribution in [0.5, 0.6) is 11.5 Å². The first-order chi connectivity index (χ1) is 11.2. The first-order valence-electron chi connectivity index (χ1n) is 6.48. The van der Waals surface area contributed by atoms with Gasteiger partial charge in [-0.25, -0.2) is 0 Å². The molecule has 0 bridgehead atoms. The summed E-state index contributed by atoms with van der Waals surface area (Å²) in [4.78, 5) is 14.7. The lowest BCUT2D eigenvalue weighted by atomic mass is 10.3. The molecule has 8 nitrogen and oxygen atoms in total. The zero-order chi connectivity index (χ0) is 16.2. The van der Waals surface area contributed by atoms with Crippen LogP contribution in [0.15, 0.2) is 39.5 Å². The van der Waals surface area contributed by atoms with Crippen molar-refractivity contribution in [2.24, 2.45) is 0 Å². The van der Waals surface area contributed by atoms with Crippen LogP contribution >= 0.6 is 11.3 Å². The minimum Gasteiger partial charge on any atom is -0.496 e. The minimum atomic E-state index is -0.537. The van der Waals surface area contributed by atoms with E-state index >= 15 is 0 Å². The summed E-state index contributed by atoms with van der Waals surface area (Å²) >= 11 is 1.52. The molecule has 0 saturated heterocycles. The Morgan fingerprint density at radius 2 is 2.26 bits per heavy atom. The van der Waals surface area contributed by atoms with Gasteiger partial charge >= 0.3 is 5.69 Å². The highest BCUT2D eigenvalue weighted by Gasteiger charge is 2.18. The van der Waals surface area contributed by atoms with Crippen molar-refractivity contribution in [2.45, 2.75) is 6.61 Å². The molecule has 0 amide bonds. The summed E-state index contributed by atoms with van der Waals surface area (Å²) in [6.45, 7) is -0.0409. The number of benzene rings is 1. The Hall–Kier alpha value is -2.94. The van der Waals surface area contributed by atoms with E-state index in [1.54, 1.807) is 6.07 Å². The monoisotopic (exact) mass is 333 g/mol. The van der Waals surface area contributed by atoms with Crippen molar-refractivity contribution in [3.63, 3.8) is 0 Å². The van der Waals surface area contributed by atoms with Crippen LogP contribution < -0.4 is 9.47 Å². The molecule has 1 aromatic carbocycles. The van der Waals surface area contributed by atoms with E-state index in [2.05, 4.69) is 10.1 Å². The van der Waals surface area contributed by atoms with E-state index in [0.717, 1.165) is 5.56 Å². The van der Waals surface area contributed by atoms with Gasteiger partial charge < -0.3 is 14.0 Å². The molecule has 0 fully saturated rings. The Labute approximate surface area is 134 Å². The molecule has 23 heavy (non-hydrogen) atoms. The van der Waals surface area contributed by atoms with E-state index in [4.69, 9.17) is 14.0 Å². The van der Waals surface area contributed by atoms with E-state index in [-0.39, 0.29) is 18.0 Å². The highest BCUT2D eigenvalue weighted by Crippen LogP contribution is 2.31. The maximum Gasteiger partial charge on any atom is 0.314 e. The topological polar surface area (TPSA) is 101 Å². The van der Waals surface area contributed by atoms with E-state index in [0.29, 0.717) is 17.5 Å². The molecule has 2 aromatic heterocycles. The number of hydrogen-bond donors (Lipinski definition) is 0. The zero-order valence-electron chi connectivity index (χ0n) is 12.0. The number of aromatic nitrogens is 2. The normalized spacial score (nSPS) is 10.5. The summed E-state index contributed by atoms with van der Waals surface area (Å²) in [6, 6.07) is 6.20. The van der Waals surface area contributed by atoms with Gasteiger partial charge in [0.05, 0.1) is 23.7 Å². The number of thiophene rings is 1. The van der Waals surface area contributed by atoms with Gasteiger partial charge in [-0.05, 0) is 23.6 Å². The standard InChI is InChI=1S/C14H11N3O5S/c1-20-10-2-3-12(11(6-10)17(18)19)21-7-13-15-14(22-16-13)9-4-5-23-8-9/h2-6,8H,7H2,1H3. The van der Waals surface area contributed by atoms with Gasteiger partial charge in [0.25, 0.3) is 5.89 Å². The molecule has 0 aliphatic rings. The second-order valence-corrected chi connectivity index (χ2v) is 5.19. The Balaban J connectivity index is 1.74. The summed E-state index contributed by atoms with van der Waals surface area (Å²) < 4.78 is 15.5. The lowest BCUT2D eigenvalue weighted by Crippen LogP contribution is -2.01. The molecule has 0 spiro atoms. The van der Waals surface area contributed by atoms with Gasteiger partial charge in [-0.1, -0.05) is 5.16 Å². The van der Waals surface area contributed by atoms with Crippen LogP contribution in [0.25, 0.3) is 11.5 Å². The summed E-state index contributed by atoms with van der Waals surface area (Å²) in [5, 5.41) is 18.7. The van der Waals surface area contributed by atoms with Gasteiger partial charge in [0.1, 0.15) is 5.75 Å². The van der Waals surface area contributed by atoms with Crippen LogP contribution in [0, 0.1) is 10.1 Å². The van der Waals surface area contributed by atoms with Crippen LogP contribution in [0.3, 0.4) is 0 Å². The van der Waals surface area contributed by atoms with Crippen molar-refractivity contribution in [2.75, 3.05) is 7.11 Å². The minimum absolute atomic E-state index is 0.0409. The SMILES string of the molecule is COc1ccc(OCc2noc(-c3ccsc3)n2)c([N+](=O)[O-])c1. The number of ether oxygens (including phenoxy) is 2. The van der Waals surface area contributed by atoms with E-state index in [1.807, 2.05) is 16.8 Å². The quantitative estimate of drug-likeness (QED) is 0.504. The molecule has 3 rings (SSSR count). The fraction of sp³-hybridized carbons (Fsp3) is 0.143. The highest BCUT2D eigenvalue weighted by molar-refractivity contribution is 7.08. The third-order valence-electron chi connectivity index (χ3n) is 2.96. The molecule has 3 aromatic rings. The molecule has 0 atom stereocenters. The van der Waals surface area contributed by atoms with Gasteiger partial charge in [0.2, 0.25) is 5.82 Å². The molecule has 0 aliphatic carbocycles. The third-order valence-corrected chi connectivity index (χ3v) is 3.64. The van der Waals surface area contributed by atoms with E-state index in [1.165, 1.54) is 30.6 Å². The van der Waals surface area contributed by atoms with Crippen molar-refractivity contribution in [3.8, 4) is 23.0 Å². The van der Waals surface area contributed by atoms with Crippen molar-refractivity contribution in [3.05, 3.63) is 51.0 Å². The zero-order valence-corrected chi connectivity index (χ0v) is 12.8. The molecule has 9 heteroatoms. The number of nitro benzene ring substituents is 1. The maximum absolute atomic E-state index is 11.1. The molecular formula is C14H11N3O5S. The number of nitro groups is 1.